The van der Waals surface area contributed by atoms with Crippen molar-refractivity contribution in [2.24, 2.45) is 0 Å². The average Bonchev–Trinajstić information content (AvgIpc) is 3.21. The van der Waals surface area contributed by atoms with Crippen molar-refractivity contribution in [1.29, 1.82) is 0 Å². The van der Waals surface area contributed by atoms with Crippen LogP contribution in [0.4, 0.5) is 10.3 Å². The minimum absolute atomic E-state index is 0.107. The molecule has 0 atom stereocenters. The fraction of sp³-hybridized carbons (Fsp3) is 0.571. The third kappa shape index (κ3) is 10.7. The molecule has 0 radical (unpaired) electrons. The van der Waals surface area contributed by atoms with Crippen LogP contribution in [-0.2, 0) is 23.2 Å². The number of unbranched alkanes of at least 4 members (excludes halogenated alkanes) is 3. The molecule has 0 fully saturated rings. The Kier molecular flexibility index (Phi) is 14.3. The molecule has 2 N–H and O–H groups in total. The van der Waals surface area contributed by atoms with Gasteiger partial charge in [0.2, 0.25) is 5.95 Å². The zero-order chi connectivity index (χ0) is 27.0. The maximum atomic E-state index is 10.8. The van der Waals surface area contributed by atoms with Crippen LogP contribution in [-0.4, -0.2) is 37.6 Å². The van der Waals surface area contributed by atoms with E-state index in [1.807, 2.05) is 20.0 Å². The molecule has 0 amide bonds. The standard InChI is InChI=1S/C24H37N5O2.C4H7F/c1-6-7-10-13-19-21(18-15-16-26-23(25-5)27-18)28-22(24(2,3)4)29(19)17-12-9-8-11-14-20(30)31;1-2-3-4-5/h7,10,15-16H,6,8-9,11-14,17H2,1-5H3,(H,30,31)(H,25,26,27);3-4H,2H2,1H3/b10-7-;4-3+. The summed E-state index contributed by atoms with van der Waals surface area (Å²) in [5.74, 6) is 0.917. The number of rotatable bonds is 13. The van der Waals surface area contributed by atoms with Gasteiger partial charge >= 0.3 is 5.97 Å². The third-order valence-corrected chi connectivity index (χ3v) is 5.43. The van der Waals surface area contributed by atoms with Crippen molar-refractivity contribution in [3.63, 3.8) is 0 Å². The summed E-state index contributed by atoms with van der Waals surface area (Å²) < 4.78 is 13.2. The van der Waals surface area contributed by atoms with E-state index in [1.165, 1.54) is 11.8 Å². The van der Waals surface area contributed by atoms with E-state index in [0.29, 0.717) is 12.3 Å². The maximum absolute atomic E-state index is 10.8. The second-order valence-corrected chi connectivity index (χ2v) is 9.56. The molecule has 0 spiro atoms. The molecule has 2 aromatic heterocycles. The van der Waals surface area contributed by atoms with Crippen molar-refractivity contribution in [2.45, 2.75) is 97.9 Å². The van der Waals surface area contributed by atoms with Gasteiger partial charge in [-0.3, -0.25) is 4.79 Å². The first-order valence-corrected chi connectivity index (χ1v) is 12.9. The summed E-state index contributed by atoms with van der Waals surface area (Å²) in [4.78, 5) is 24.7. The van der Waals surface area contributed by atoms with E-state index in [9.17, 15) is 9.18 Å². The molecule has 0 saturated heterocycles. The number of anilines is 1. The largest absolute Gasteiger partial charge is 0.481 e. The molecule has 0 unspecified atom stereocenters. The summed E-state index contributed by atoms with van der Waals surface area (Å²) in [6.07, 6.45) is 14.7. The molecule has 0 saturated carbocycles. The summed E-state index contributed by atoms with van der Waals surface area (Å²) in [6, 6.07) is 1.92. The number of allylic oxidation sites excluding steroid dienone is 3. The fourth-order valence-electron chi connectivity index (χ4n) is 3.67. The Bertz CT molecular complexity index is 977. The molecule has 2 heterocycles. The molecule has 2 rings (SSSR count). The van der Waals surface area contributed by atoms with Crippen molar-refractivity contribution >= 4 is 11.9 Å². The molecule has 0 aromatic carbocycles. The van der Waals surface area contributed by atoms with Crippen LogP contribution in [0, 0.1) is 0 Å². The number of aromatic nitrogens is 4. The highest BCUT2D eigenvalue weighted by Gasteiger charge is 2.26. The highest BCUT2D eigenvalue weighted by Crippen LogP contribution is 2.31. The van der Waals surface area contributed by atoms with Gasteiger partial charge in [-0.1, -0.05) is 65.7 Å². The number of hydrogen-bond acceptors (Lipinski definition) is 5. The molecular formula is C28H44FN5O2. The number of aliphatic carboxylic acids is 1. The Hall–Kier alpha value is -3.03. The topological polar surface area (TPSA) is 92.9 Å². The Morgan fingerprint density at radius 1 is 1.08 bits per heavy atom. The number of imidazole rings is 1. The number of nitrogens with zero attached hydrogens (tertiary/aromatic N) is 4. The number of carbonyl (C=O) groups is 1. The van der Waals surface area contributed by atoms with Gasteiger partial charge in [0.1, 0.15) is 11.5 Å². The van der Waals surface area contributed by atoms with Crippen molar-refractivity contribution in [2.75, 3.05) is 12.4 Å². The average molecular weight is 502 g/mol. The zero-order valence-electron chi connectivity index (χ0n) is 22.9. The van der Waals surface area contributed by atoms with E-state index in [1.54, 1.807) is 6.20 Å². The van der Waals surface area contributed by atoms with Gasteiger partial charge in [0.05, 0.1) is 17.7 Å². The predicted octanol–water partition coefficient (Wildman–Crippen LogP) is 7.10. The fourth-order valence-corrected chi connectivity index (χ4v) is 3.67. The first-order valence-electron chi connectivity index (χ1n) is 12.9. The summed E-state index contributed by atoms with van der Waals surface area (Å²) in [6.45, 7) is 11.4. The number of halogens is 1. The number of carboxylic acid groups (broad SMARTS) is 1. The van der Waals surface area contributed by atoms with E-state index < -0.39 is 5.97 Å². The van der Waals surface area contributed by atoms with Crippen molar-refractivity contribution in [1.82, 2.24) is 19.5 Å². The van der Waals surface area contributed by atoms with E-state index in [0.717, 1.165) is 68.7 Å². The minimum atomic E-state index is -0.718. The van der Waals surface area contributed by atoms with Gasteiger partial charge in [0, 0.05) is 38.0 Å². The lowest BCUT2D eigenvalue weighted by Gasteiger charge is -2.21. The zero-order valence-corrected chi connectivity index (χ0v) is 22.9. The van der Waals surface area contributed by atoms with Gasteiger partial charge in [0.25, 0.3) is 0 Å². The van der Waals surface area contributed by atoms with Gasteiger partial charge in [-0.15, -0.1) is 0 Å². The van der Waals surface area contributed by atoms with Gasteiger partial charge in [-0.25, -0.2) is 19.3 Å². The smallest absolute Gasteiger partial charge is 0.303 e. The monoisotopic (exact) mass is 501 g/mol. The minimum Gasteiger partial charge on any atom is -0.481 e. The van der Waals surface area contributed by atoms with Crippen LogP contribution in [0.15, 0.2) is 36.8 Å². The third-order valence-electron chi connectivity index (χ3n) is 5.43. The highest BCUT2D eigenvalue weighted by atomic mass is 19.1. The lowest BCUT2D eigenvalue weighted by Crippen LogP contribution is -2.20. The Labute approximate surface area is 216 Å². The van der Waals surface area contributed by atoms with Crippen LogP contribution in [0.5, 0.6) is 0 Å². The predicted molar refractivity (Wildman–Crippen MR) is 146 cm³/mol. The van der Waals surface area contributed by atoms with Gasteiger partial charge in [-0.2, -0.15) is 0 Å². The molecule has 7 nitrogen and oxygen atoms in total. The Morgan fingerprint density at radius 2 is 1.78 bits per heavy atom. The molecule has 36 heavy (non-hydrogen) atoms. The summed E-state index contributed by atoms with van der Waals surface area (Å²) in [7, 11) is 1.81. The van der Waals surface area contributed by atoms with Crippen LogP contribution in [0.1, 0.15) is 91.1 Å². The lowest BCUT2D eigenvalue weighted by atomic mass is 9.95. The van der Waals surface area contributed by atoms with Crippen LogP contribution in [0.3, 0.4) is 0 Å². The maximum Gasteiger partial charge on any atom is 0.303 e. The summed E-state index contributed by atoms with van der Waals surface area (Å²) in [5, 5.41) is 11.8. The summed E-state index contributed by atoms with van der Waals surface area (Å²) in [5.41, 5.74) is 2.80. The summed E-state index contributed by atoms with van der Waals surface area (Å²) >= 11 is 0. The SMILES string of the molecule is CC/C=C/F.CC/C=C\Cc1c(-c2ccnc(NC)n2)nc(C(C)(C)C)n1CCCCCCC(=O)O. The van der Waals surface area contributed by atoms with E-state index in [2.05, 4.69) is 59.7 Å². The van der Waals surface area contributed by atoms with Crippen LogP contribution < -0.4 is 5.32 Å². The molecule has 8 heteroatoms. The molecule has 2 aromatic rings. The molecule has 0 bridgehead atoms. The second-order valence-electron chi connectivity index (χ2n) is 9.56. The Balaban J connectivity index is 0.00000118. The second kappa shape index (κ2) is 16.6. The van der Waals surface area contributed by atoms with E-state index >= 15 is 0 Å². The van der Waals surface area contributed by atoms with Gasteiger partial charge in [0.15, 0.2) is 0 Å². The van der Waals surface area contributed by atoms with Crippen LogP contribution in [0.2, 0.25) is 0 Å². The Morgan fingerprint density at radius 3 is 2.33 bits per heavy atom. The highest BCUT2D eigenvalue weighted by molar-refractivity contribution is 5.66. The number of nitrogens with one attached hydrogen (secondary N) is 1. The van der Waals surface area contributed by atoms with Gasteiger partial charge in [-0.05, 0) is 31.7 Å². The van der Waals surface area contributed by atoms with E-state index in [4.69, 9.17) is 10.1 Å². The lowest BCUT2D eigenvalue weighted by molar-refractivity contribution is -0.137. The first kappa shape index (κ1) is 31.0. The molecule has 0 aliphatic heterocycles. The van der Waals surface area contributed by atoms with Crippen molar-refractivity contribution in [3.8, 4) is 11.4 Å². The molecular weight excluding hydrogens is 457 g/mol. The molecule has 0 aliphatic carbocycles. The quantitative estimate of drug-likeness (QED) is 0.225. The number of carboxylic acids is 1. The number of hydrogen-bond donors (Lipinski definition) is 2. The normalized spacial score (nSPS) is 11.6. The van der Waals surface area contributed by atoms with Gasteiger partial charge < -0.3 is 15.0 Å². The van der Waals surface area contributed by atoms with E-state index in [-0.39, 0.29) is 11.8 Å². The molecule has 0 aliphatic rings. The van der Waals surface area contributed by atoms with Crippen molar-refractivity contribution in [3.05, 3.63) is 48.3 Å². The molecule has 200 valence electrons. The van der Waals surface area contributed by atoms with Crippen LogP contribution >= 0.6 is 0 Å². The van der Waals surface area contributed by atoms with Crippen LogP contribution in [0.25, 0.3) is 11.4 Å². The van der Waals surface area contributed by atoms with Crippen molar-refractivity contribution < 1.29 is 14.3 Å². The first-order chi connectivity index (χ1) is 17.2.